The van der Waals surface area contributed by atoms with Crippen molar-refractivity contribution < 1.29 is 9.72 Å². The highest BCUT2D eigenvalue weighted by atomic mass is 32.2. The van der Waals surface area contributed by atoms with Gasteiger partial charge in [0.15, 0.2) is 0 Å². The first-order valence-corrected chi connectivity index (χ1v) is 8.91. The van der Waals surface area contributed by atoms with E-state index in [1.807, 2.05) is 24.3 Å². The van der Waals surface area contributed by atoms with Gasteiger partial charge in [0.25, 0.3) is 5.69 Å². The van der Waals surface area contributed by atoms with Crippen LogP contribution in [0.3, 0.4) is 0 Å². The Morgan fingerprint density at radius 3 is 2.62 bits per heavy atom. The zero-order chi connectivity index (χ0) is 18.7. The van der Waals surface area contributed by atoms with E-state index in [0.717, 1.165) is 11.3 Å². The third kappa shape index (κ3) is 3.67. The molecule has 1 heterocycles. The summed E-state index contributed by atoms with van der Waals surface area (Å²) in [6.45, 7) is 3.47. The quantitative estimate of drug-likeness (QED) is 0.516. The Bertz CT molecular complexity index is 987. The first-order valence-electron chi connectivity index (χ1n) is 8.10. The number of anilines is 1. The van der Waals surface area contributed by atoms with Crippen molar-refractivity contribution in [2.24, 2.45) is 0 Å². The number of hydrogen-bond donors (Lipinski definition) is 1. The van der Waals surface area contributed by atoms with E-state index in [0.29, 0.717) is 21.5 Å². The van der Waals surface area contributed by atoms with Crippen LogP contribution in [0.1, 0.15) is 19.4 Å². The summed E-state index contributed by atoms with van der Waals surface area (Å²) in [4.78, 5) is 28.4. The van der Waals surface area contributed by atoms with Crippen molar-refractivity contribution in [2.45, 2.75) is 30.1 Å². The highest BCUT2D eigenvalue weighted by Gasteiger charge is 2.23. The fourth-order valence-corrected chi connectivity index (χ4v) is 3.67. The van der Waals surface area contributed by atoms with Crippen LogP contribution in [0.4, 0.5) is 11.4 Å². The minimum absolute atomic E-state index is 0.00762. The molecule has 1 N–H and O–H groups in total. The Hall–Kier alpha value is -2.93. The molecule has 0 spiro atoms. The molecule has 1 amide bonds. The third-order valence-corrected chi connectivity index (χ3v) is 4.92. The number of nitrogens with zero attached hydrogens (tertiary/aromatic N) is 2. The summed E-state index contributed by atoms with van der Waals surface area (Å²) in [5, 5.41) is 14.9. The summed E-state index contributed by atoms with van der Waals surface area (Å²) in [5.74, 6) is -0.256. The number of fused-ring (bicyclic) bond motifs is 1. The van der Waals surface area contributed by atoms with E-state index in [1.165, 1.54) is 24.2 Å². The fraction of sp³-hybridized carbons (Fsp3) is 0.158. The molecule has 3 aromatic rings. The molecule has 0 fully saturated rings. The van der Waals surface area contributed by atoms with Crippen LogP contribution >= 0.6 is 11.8 Å². The van der Waals surface area contributed by atoms with Crippen LogP contribution in [0.15, 0.2) is 58.5 Å². The second-order valence-electron chi connectivity index (χ2n) is 5.71. The number of pyridine rings is 1. The summed E-state index contributed by atoms with van der Waals surface area (Å²) in [7, 11) is 0. The molecule has 1 aromatic heterocycles. The van der Waals surface area contributed by atoms with Gasteiger partial charge in [-0.15, -0.1) is 0 Å². The number of benzene rings is 2. The first kappa shape index (κ1) is 17.9. The second-order valence-corrected chi connectivity index (χ2v) is 6.82. The van der Waals surface area contributed by atoms with Gasteiger partial charge in [-0.2, -0.15) is 0 Å². The number of nitro groups is 1. The van der Waals surface area contributed by atoms with E-state index < -0.39 is 4.92 Å². The molecule has 0 saturated carbocycles. The van der Waals surface area contributed by atoms with Gasteiger partial charge in [0, 0.05) is 18.0 Å². The average Bonchev–Trinajstić information content (AvgIpc) is 2.61. The minimum Gasteiger partial charge on any atom is -0.324 e. The van der Waals surface area contributed by atoms with Gasteiger partial charge >= 0.3 is 0 Å². The lowest BCUT2D eigenvalue weighted by atomic mass is 10.1. The van der Waals surface area contributed by atoms with Crippen molar-refractivity contribution >= 4 is 39.9 Å². The minimum atomic E-state index is -0.399. The topological polar surface area (TPSA) is 85.1 Å². The van der Waals surface area contributed by atoms with Crippen molar-refractivity contribution in [3.8, 4) is 0 Å². The largest absolute Gasteiger partial charge is 0.324 e. The summed E-state index contributed by atoms with van der Waals surface area (Å²) in [5.41, 5.74) is 2.06. The molecule has 0 aliphatic carbocycles. The molecule has 0 unspecified atom stereocenters. The molecule has 0 bridgehead atoms. The Morgan fingerprint density at radius 1 is 1.27 bits per heavy atom. The van der Waals surface area contributed by atoms with Gasteiger partial charge in [0.2, 0.25) is 5.91 Å². The number of carbonyl (C=O) groups is 1. The van der Waals surface area contributed by atoms with Gasteiger partial charge in [-0.25, -0.2) is 0 Å². The molecule has 132 valence electrons. The van der Waals surface area contributed by atoms with Gasteiger partial charge in [-0.1, -0.05) is 30.8 Å². The van der Waals surface area contributed by atoms with Gasteiger partial charge < -0.3 is 5.32 Å². The number of aromatic nitrogens is 1. The average molecular weight is 367 g/mol. The van der Waals surface area contributed by atoms with Crippen LogP contribution in [0, 0.1) is 10.1 Å². The highest BCUT2D eigenvalue weighted by molar-refractivity contribution is 7.99. The van der Waals surface area contributed by atoms with Crippen LogP contribution in [-0.4, -0.2) is 15.8 Å². The molecule has 3 rings (SSSR count). The highest BCUT2D eigenvalue weighted by Crippen LogP contribution is 2.42. The molecule has 7 heteroatoms. The molecule has 0 atom stereocenters. The van der Waals surface area contributed by atoms with Crippen LogP contribution in [-0.2, 0) is 11.2 Å². The number of nitrogens with one attached hydrogen (secondary N) is 1. The number of nitro benzene ring substituents is 1. The smallest absolute Gasteiger partial charge is 0.292 e. The van der Waals surface area contributed by atoms with Crippen LogP contribution in [0.2, 0.25) is 0 Å². The van der Waals surface area contributed by atoms with E-state index in [1.54, 1.807) is 24.4 Å². The Kier molecular flexibility index (Phi) is 5.18. The van der Waals surface area contributed by atoms with Crippen molar-refractivity contribution in [1.29, 1.82) is 0 Å². The van der Waals surface area contributed by atoms with E-state index >= 15 is 0 Å². The lowest BCUT2D eigenvalue weighted by Crippen LogP contribution is -2.07. The van der Waals surface area contributed by atoms with Gasteiger partial charge in [0.1, 0.15) is 5.52 Å². The van der Waals surface area contributed by atoms with E-state index in [2.05, 4.69) is 17.2 Å². The fourth-order valence-electron chi connectivity index (χ4n) is 2.68. The predicted molar refractivity (Wildman–Crippen MR) is 103 cm³/mol. The normalized spacial score (nSPS) is 10.7. The van der Waals surface area contributed by atoms with Gasteiger partial charge in [-0.3, -0.25) is 19.9 Å². The maximum Gasteiger partial charge on any atom is 0.292 e. The third-order valence-electron chi connectivity index (χ3n) is 3.88. The number of amides is 1. The molecule has 2 aromatic carbocycles. The summed E-state index contributed by atoms with van der Waals surface area (Å²) < 4.78 is 0. The number of rotatable bonds is 5. The van der Waals surface area contributed by atoms with Crippen molar-refractivity contribution in [1.82, 2.24) is 4.98 Å². The lowest BCUT2D eigenvalue weighted by Gasteiger charge is -2.11. The molecule has 6 nitrogen and oxygen atoms in total. The zero-order valence-electron chi connectivity index (χ0n) is 14.4. The monoisotopic (exact) mass is 367 g/mol. The van der Waals surface area contributed by atoms with Crippen LogP contribution < -0.4 is 5.32 Å². The molecule has 0 radical (unpaired) electrons. The lowest BCUT2D eigenvalue weighted by molar-refractivity contribution is -0.385. The molecule has 0 aliphatic heterocycles. The Balaban J connectivity index is 2.16. The van der Waals surface area contributed by atoms with Crippen LogP contribution in [0.25, 0.3) is 10.9 Å². The Morgan fingerprint density at radius 2 is 2.00 bits per heavy atom. The van der Waals surface area contributed by atoms with Crippen LogP contribution in [0.5, 0.6) is 0 Å². The second kappa shape index (κ2) is 7.53. The molecular weight excluding hydrogens is 350 g/mol. The molecular formula is C19H17N3O3S. The molecule has 0 aliphatic rings. The summed E-state index contributed by atoms with van der Waals surface area (Å²) in [6, 6.07) is 12.8. The zero-order valence-corrected chi connectivity index (χ0v) is 15.2. The van der Waals surface area contributed by atoms with Crippen molar-refractivity contribution in [3.05, 3.63) is 64.3 Å². The first-order chi connectivity index (χ1) is 12.5. The van der Waals surface area contributed by atoms with Gasteiger partial charge in [0.05, 0.1) is 20.9 Å². The van der Waals surface area contributed by atoms with Crippen molar-refractivity contribution in [2.75, 3.05) is 5.32 Å². The maximum absolute atomic E-state index is 11.7. The predicted octanol–water partition coefficient (Wildman–Crippen LogP) is 4.82. The van der Waals surface area contributed by atoms with Gasteiger partial charge in [-0.05, 0) is 42.3 Å². The van der Waals surface area contributed by atoms with E-state index in [-0.39, 0.29) is 11.6 Å². The van der Waals surface area contributed by atoms with E-state index in [9.17, 15) is 14.9 Å². The number of hydrogen-bond acceptors (Lipinski definition) is 5. The van der Waals surface area contributed by atoms with Crippen molar-refractivity contribution in [3.63, 3.8) is 0 Å². The van der Waals surface area contributed by atoms with E-state index in [4.69, 9.17) is 0 Å². The standard InChI is InChI=1S/C19H17N3O3S/c1-3-13-6-8-14(9-7-13)26-17-11-16(21-12(2)23)18-15(5-4-10-20-18)19(17)22(24)25/h4-11H,3H2,1-2H3,(H,21,23). The maximum atomic E-state index is 11.7. The molecule has 26 heavy (non-hydrogen) atoms. The summed E-state index contributed by atoms with van der Waals surface area (Å²) in [6.07, 6.45) is 2.48. The SMILES string of the molecule is CCc1ccc(Sc2cc(NC(C)=O)c3ncccc3c2[N+](=O)[O-])cc1. The Labute approximate surface area is 154 Å². The number of carbonyl (C=O) groups excluding carboxylic acids is 1. The number of aryl methyl sites for hydroxylation is 1. The molecule has 0 saturated heterocycles. The summed E-state index contributed by atoms with van der Waals surface area (Å²) >= 11 is 1.30.